The Hall–Kier alpha value is -2.21. The lowest BCUT2D eigenvalue weighted by Gasteiger charge is -2.09. The second-order valence-corrected chi connectivity index (χ2v) is 4.75. The highest BCUT2D eigenvalue weighted by molar-refractivity contribution is 5.90. The number of aryl methyl sites for hydroxylation is 2. The molecule has 0 saturated carbocycles. The fourth-order valence-corrected chi connectivity index (χ4v) is 2.05. The van der Waals surface area contributed by atoms with Crippen molar-refractivity contribution in [3.63, 3.8) is 0 Å². The molecule has 0 atom stereocenters. The molecular formula is C15H20N4O2. The van der Waals surface area contributed by atoms with Gasteiger partial charge in [0, 0.05) is 32.5 Å². The van der Waals surface area contributed by atoms with Crippen LogP contribution in [0.3, 0.4) is 0 Å². The SMILES string of the molecule is CCOC(=O)c1cnn(C)c1CNCc1cnccc1C. The summed E-state index contributed by atoms with van der Waals surface area (Å²) in [6, 6.07) is 1.98. The van der Waals surface area contributed by atoms with Crippen molar-refractivity contribution < 1.29 is 9.53 Å². The lowest BCUT2D eigenvalue weighted by atomic mass is 10.1. The molecule has 21 heavy (non-hydrogen) atoms. The molecule has 0 radical (unpaired) electrons. The van der Waals surface area contributed by atoms with Crippen LogP contribution in [-0.4, -0.2) is 27.3 Å². The highest BCUT2D eigenvalue weighted by Crippen LogP contribution is 2.10. The van der Waals surface area contributed by atoms with Gasteiger partial charge in [-0.2, -0.15) is 5.10 Å². The first kappa shape index (κ1) is 15.2. The van der Waals surface area contributed by atoms with Crippen LogP contribution in [0.15, 0.2) is 24.7 Å². The standard InChI is InChI=1S/C15H20N4O2/c1-4-21-15(20)13-9-18-19(3)14(13)10-17-8-12-7-16-6-5-11(12)2/h5-7,9,17H,4,8,10H2,1-3H3. The number of ether oxygens (including phenoxy) is 1. The maximum Gasteiger partial charge on any atom is 0.341 e. The van der Waals surface area contributed by atoms with E-state index in [1.54, 1.807) is 24.0 Å². The minimum Gasteiger partial charge on any atom is -0.462 e. The Morgan fingerprint density at radius 1 is 1.38 bits per heavy atom. The molecule has 0 spiro atoms. The molecule has 2 aromatic heterocycles. The van der Waals surface area contributed by atoms with Gasteiger partial charge in [-0.25, -0.2) is 4.79 Å². The Bertz CT molecular complexity index is 622. The number of carbonyl (C=O) groups excluding carboxylic acids is 1. The summed E-state index contributed by atoms with van der Waals surface area (Å²) >= 11 is 0. The van der Waals surface area contributed by atoms with E-state index >= 15 is 0 Å². The third kappa shape index (κ3) is 3.66. The van der Waals surface area contributed by atoms with E-state index in [0.29, 0.717) is 25.3 Å². The molecule has 112 valence electrons. The third-order valence-electron chi connectivity index (χ3n) is 3.31. The maximum atomic E-state index is 11.9. The van der Waals surface area contributed by atoms with Crippen LogP contribution in [0.5, 0.6) is 0 Å². The average Bonchev–Trinajstić information content (AvgIpc) is 2.83. The molecule has 0 saturated heterocycles. The van der Waals surface area contributed by atoms with Gasteiger partial charge in [0.1, 0.15) is 5.56 Å². The zero-order chi connectivity index (χ0) is 15.2. The van der Waals surface area contributed by atoms with E-state index in [9.17, 15) is 4.79 Å². The fourth-order valence-electron chi connectivity index (χ4n) is 2.05. The number of esters is 1. The maximum absolute atomic E-state index is 11.9. The first-order chi connectivity index (χ1) is 10.1. The molecule has 2 rings (SSSR count). The Kier molecular flexibility index (Phi) is 5.05. The van der Waals surface area contributed by atoms with Crippen LogP contribution in [0.1, 0.15) is 34.1 Å². The smallest absolute Gasteiger partial charge is 0.341 e. The number of rotatable bonds is 6. The summed E-state index contributed by atoms with van der Waals surface area (Å²) in [7, 11) is 1.81. The van der Waals surface area contributed by atoms with Gasteiger partial charge in [-0.15, -0.1) is 0 Å². The van der Waals surface area contributed by atoms with Crippen LogP contribution < -0.4 is 5.32 Å². The van der Waals surface area contributed by atoms with Crippen LogP contribution in [0, 0.1) is 6.92 Å². The highest BCUT2D eigenvalue weighted by Gasteiger charge is 2.16. The molecule has 0 unspecified atom stereocenters. The summed E-state index contributed by atoms with van der Waals surface area (Å²) in [6.07, 6.45) is 5.17. The highest BCUT2D eigenvalue weighted by atomic mass is 16.5. The van der Waals surface area contributed by atoms with Gasteiger partial charge in [-0.1, -0.05) is 0 Å². The number of nitrogens with zero attached hydrogens (tertiary/aromatic N) is 3. The number of carbonyl (C=O) groups is 1. The van der Waals surface area contributed by atoms with E-state index in [1.165, 1.54) is 5.56 Å². The molecule has 0 aliphatic heterocycles. The number of hydrogen-bond donors (Lipinski definition) is 1. The second kappa shape index (κ2) is 6.99. The summed E-state index contributed by atoms with van der Waals surface area (Å²) in [5.74, 6) is -0.333. The number of pyridine rings is 1. The predicted octanol–water partition coefficient (Wildman–Crippen LogP) is 1.59. The molecular weight excluding hydrogens is 268 g/mol. The first-order valence-corrected chi connectivity index (χ1v) is 6.91. The van der Waals surface area contributed by atoms with Crippen molar-refractivity contribution in [2.24, 2.45) is 7.05 Å². The van der Waals surface area contributed by atoms with Crippen molar-refractivity contribution in [1.29, 1.82) is 0 Å². The zero-order valence-electron chi connectivity index (χ0n) is 12.6. The van der Waals surface area contributed by atoms with Crippen LogP contribution >= 0.6 is 0 Å². The quantitative estimate of drug-likeness (QED) is 0.817. The third-order valence-corrected chi connectivity index (χ3v) is 3.31. The molecule has 2 aromatic rings. The Morgan fingerprint density at radius 3 is 2.90 bits per heavy atom. The summed E-state index contributed by atoms with van der Waals surface area (Å²) < 4.78 is 6.73. The van der Waals surface area contributed by atoms with Gasteiger partial charge in [0.25, 0.3) is 0 Å². The van der Waals surface area contributed by atoms with Crippen molar-refractivity contribution in [2.45, 2.75) is 26.9 Å². The predicted molar refractivity (Wildman–Crippen MR) is 78.7 cm³/mol. The second-order valence-electron chi connectivity index (χ2n) is 4.75. The van der Waals surface area contributed by atoms with Crippen molar-refractivity contribution in [3.05, 3.63) is 47.0 Å². The van der Waals surface area contributed by atoms with Crippen LogP contribution in [0.25, 0.3) is 0 Å². The lowest BCUT2D eigenvalue weighted by molar-refractivity contribution is 0.0524. The van der Waals surface area contributed by atoms with E-state index in [1.807, 2.05) is 26.2 Å². The first-order valence-electron chi connectivity index (χ1n) is 6.91. The zero-order valence-corrected chi connectivity index (χ0v) is 12.6. The van der Waals surface area contributed by atoms with E-state index in [-0.39, 0.29) is 5.97 Å². The van der Waals surface area contributed by atoms with Crippen molar-refractivity contribution in [2.75, 3.05) is 6.61 Å². The fraction of sp³-hybridized carbons (Fsp3) is 0.400. The Balaban J connectivity index is 2.02. The van der Waals surface area contributed by atoms with Gasteiger partial charge in [-0.3, -0.25) is 9.67 Å². The minimum atomic E-state index is -0.333. The summed E-state index contributed by atoms with van der Waals surface area (Å²) in [4.78, 5) is 16.0. The normalized spacial score (nSPS) is 10.6. The number of nitrogens with one attached hydrogen (secondary N) is 1. The Labute approximate surface area is 124 Å². The van der Waals surface area contributed by atoms with E-state index in [2.05, 4.69) is 15.4 Å². The molecule has 0 fully saturated rings. The van der Waals surface area contributed by atoms with Gasteiger partial charge in [-0.05, 0) is 31.0 Å². The number of aromatic nitrogens is 3. The van der Waals surface area contributed by atoms with Gasteiger partial charge in [0.05, 0.1) is 18.5 Å². The molecule has 0 aromatic carbocycles. The van der Waals surface area contributed by atoms with E-state index in [0.717, 1.165) is 11.3 Å². The average molecular weight is 288 g/mol. The number of hydrogen-bond acceptors (Lipinski definition) is 5. The molecule has 0 bridgehead atoms. The molecule has 2 heterocycles. The summed E-state index contributed by atoms with van der Waals surface area (Å²) in [5.41, 5.74) is 3.65. The van der Waals surface area contributed by atoms with E-state index in [4.69, 9.17) is 4.74 Å². The topological polar surface area (TPSA) is 69.0 Å². The molecule has 1 N–H and O–H groups in total. The van der Waals surface area contributed by atoms with Crippen molar-refractivity contribution in [3.8, 4) is 0 Å². The lowest BCUT2D eigenvalue weighted by Crippen LogP contribution is -2.19. The van der Waals surface area contributed by atoms with Gasteiger partial charge < -0.3 is 10.1 Å². The van der Waals surface area contributed by atoms with Crippen LogP contribution in [-0.2, 0) is 24.9 Å². The molecule has 0 aliphatic carbocycles. The van der Waals surface area contributed by atoms with Gasteiger partial charge in [0.2, 0.25) is 0 Å². The summed E-state index contributed by atoms with van der Waals surface area (Å²) in [6.45, 7) is 5.42. The molecule has 6 nitrogen and oxygen atoms in total. The van der Waals surface area contributed by atoms with E-state index < -0.39 is 0 Å². The van der Waals surface area contributed by atoms with Gasteiger partial charge in [0.15, 0.2) is 0 Å². The molecule has 0 amide bonds. The van der Waals surface area contributed by atoms with Crippen molar-refractivity contribution in [1.82, 2.24) is 20.1 Å². The van der Waals surface area contributed by atoms with Crippen molar-refractivity contribution >= 4 is 5.97 Å². The van der Waals surface area contributed by atoms with Crippen LogP contribution in [0.4, 0.5) is 0 Å². The molecule has 6 heteroatoms. The van der Waals surface area contributed by atoms with Gasteiger partial charge >= 0.3 is 5.97 Å². The van der Waals surface area contributed by atoms with Crippen LogP contribution in [0.2, 0.25) is 0 Å². The Morgan fingerprint density at radius 2 is 2.19 bits per heavy atom. The molecule has 0 aliphatic rings. The monoisotopic (exact) mass is 288 g/mol. The largest absolute Gasteiger partial charge is 0.462 e. The minimum absolute atomic E-state index is 0.333. The summed E-state index contributed by atoms with van der Waals surface area (Å²) in [5, 5.41) is 7.44.